The lowest BCUT2D eigenvalue weighted by molar-refractivity contribution is -0.119. The van der Waals surface area contributed by atoms with Crippen LogP contribution in [0, 0.1) is 13.8 Å². The van der Waals surface area contributed by atoms with Gasteiger partial charge in [0, 0.05) is 62.2 Å². The number of carbonyl (C=O) groups is 1. The Kier molecular flexibility index (Phi) is 9.11. The standard InChI is InChI=1S/C30H38N6O3S/c1-21-19-25(22(2)35(21)14-6-13-34-15-17-39-18-16-34)29-28(26-7-4-5-12-31-26)33-30(40)36(29)24-10-8-23(9-11-24)32-27(37)20-38-3/h4-5,7-12,19,28-29H,6,13-18,20H2,1-3H3,(H,32,37)(H,33,40)/t28-,29+/m1/s1. The summed E-state index contributed by atoms with van der Waals surface area (Å²) in [5, 5.41) is 7.06. The normalized spacial score (nSPS) is 19.6. The van der Waals surface area contributed by atoms with E-state index in [9.17, 15) is 4.79 Å². The van der Waals surface area contributed by atoms with Gasteiger partial charge < -0.3 is 29.6 Å². The second kappa shape index (κ2) is 12.9. The van der Waals surface area contributed by atoms with Crippen molar-refractivity contribution < 1.29 is 14.3 Å². The molecule has 2 saturated heterocycles. The van der Waals surface area contributed by atoms with Gasteiger partial charge in [0.1, 0.15) is 6.61 Å². The molecule has 1 amide bonds. The van der Waals surface area contributed by atoms with Gasteiger partial charge in [0.2, 0.25) is 5.91 Å². The summed E-state index contributed by atoms with van der Waals surface area (Å²) in [4.78, 5) is 21.3. The van der Waals surface area contributed by atoms with E-state index in [0.717, 1.165) is 57.2 Å². The fourth-order valence-electron chi connectivity index (χ4n) is 5.73. The molecular formula is C30H38N6O3S. The summed E-state index contributed by atoms with van der Waals surface area (Å²) in [6, 6.07) is 15.9. The Labute approximate surface area is 241 Å². The lowest BCUT2D eigenvalue weighted by Crippen LogP contribution is -2.37. The number of anilines is 2. The Hall–Kier alpha value is -3.31. The number of methoxy groups -OCH3 is 1. The minimum atomic E-state index is -0.192. The third-order valence-electron chi connectivity index (χ3n) is 7.69. The molecule has 5 rings (SSSR count). The minimum Gasteiger partial charge on any atom is -0.379 e. The molecule has 2 N–H and O–H groups in total. The van der Waals surface area contributed by atoms with Crippen molar-refractivity contribution in [3.8, 4) is 0 Å². The van der Waals surface area contributed by atoms with Crippen LogP contribution in [0.15, 0.2) is 54.7 Å². The average Bonchev–Trinajstić information content (AvgIpc) is 3.45. The van der Waals surface area contributed by atoms with E-state index in [1.165, 1.54) is 24.1 Å². The van der Waals surface area contributed by atoms with Crippen LogP contribution in [-0.4, -0.2) is 72.0 Å². The first-order valence-corrected chi connectivity index (χ1v) is 14.2. The molecule has 2 fully saturated rings. The number of benzene rings is 1. The highest BCUT2D eigenvalue weighted by Gasteiger charge is 2.42. The van der Waals surface area contributed by atoms with Gasteiger partial charge in [0.15, 0.2) is 5.11 Å². The Bertz CT molecular complexity index is 1310. The predicted octanol–water partition coefficient (Wildman–Crippen LogP) is 3.98. The topological polar surface area (TPSA) is 83.9 Å². The zero-order valence-electron chi connectivity index (χ0n) is 23.4. The Morgan fingerprint density at radius 2 is 1.93 bits per heavy atom. The fraction of sp³-hybridized carbons (Fsp3) is 0.433. The lowest BCUT2D eigenvalue weighted by atomic mass is 9.96. The number of carbonyl (C=O) groups excluding carboxylic acids is 1. The zero-order valence-corrected chi connectivity index (χ0v) is 24.2. The number of nitrogens with zero attached hydrogens (tertiary/aromatic N) is 4. The van der Waals surface area contributed by atoms with E-state index < -0.39 is 0 Å². The largest absolute Gasteiger partial charge is 0.379 e. The molecule has 0 saturated carbocycles. The van der Waals surface area contributed by atoms with Crippen molar-refractivity contribution in [1.82, 2.24) is 19.8 Å². The number of hydrogen-bond acceptors (Lipinski definition) is 6. The summed E-state index contributed by atoms with van der Waals surface area (Å²) in [7, 11) is 1.50. The van der Waals surface area contributed by atoms with Gasteiger partial charge in [0.05, 0.1) is 31.0 Å². The maximum atomic E-state index is 12.0. The molecule has 2 aromatic heterocycles. The van der Waals surface area contributed by atoms with Gasteiger partial charge in [-0.1, -0.05) is 6.07 Å². The van der Waals surface area contributed by atoms with E-state index in [1.54, 1.807) is 0 Å². The molecule has 1 aromatic carbocycles. The highest BCUT2D eigenvalue weighted by molar-refractivity contribution is 7.80. The maximum absolute atomic E-state index is 12.0. The molecule has 0 radical (unpaired) electrons. The van der Waals surface area contributed by atoms with Crippen LogP contribution in [0.5, 0.6) is 0 Å². The van der Waals surface area contributed by atoms with Crippen LogP contribution >= 0.6 is 12.2 Å². The molecule has 2 aliphatic heterocycles. The first kappa shape index (κ1) is 28.2. The molecule has 0 unspecified atom stereocenters. The molecule has 2 aliphatic rings. The Morgan fingerprint density at radius 1 is 1.15 bits per heavy atom. The number of thiocarbonyl (C=S) groups is 1. The molecule has 2 atom stereocenters. The van der Waals surface area contributed by atoms with Crippen molar-refractivity contribution in [1.29, 1.82) is 0 Å². The second-order valence-corrected chi connectivity index (χ2v) is 10.7. The summed E-state index contributed by atoms with van der Waals surface area (Å²) < 4.78 is 12.9. The minimum absolute atomic E-state index is 0.0117. The van der Waals surface area contributed by atoms with Crippen LogP contribution in [0.2, 0.25) is 0 Å². The number of nitrogens with one attached hydrogen (secondary N) is 2. The summed E-state index contributed by atoms with van der Waals surface area (Å²) in [5.41, 5.74) is 6.30. The van der Waals surface area contributed by atoms with Gasteiger partial charge >= 0.3 is 0 Å². The summed E-state index contributed by atoms with van der Waals surface area (Å²) >= 11 is 5.92. The van der Waals surface area contributed by atoms with Crippen LogP contribution in [0.25, 0.3) is 0 Å². The molecular weight excluding hydrogens is 524 g/mol. The molecule has 40 heavy (non-hydrogen) atoms. The number of ether oxygens (including phenoxy) is 2. The number of morpholine rings is 1. The third kappa shape index (κ3) is 6.20. The van der Waals surface area contributed by atoms with Crippen LogP contribution in [0.4, 0.5) is 11.4 Å². The van der Waals surface area contributed by atoms with Crippen molar-refractivity contribution >= 4 is 34.6 Å². The van der Waals surface area contributed by atoms with Gasteiger partial charge in [-0.15, -0.1) is 0 Å². The van der Waals surface area contributed by atoms with Gasteiger partial charge in [-0.05, 0) is 80.5 Å². The Balaban J connectivity index is 1.43. The summed E-state index contributed by atoms with van der Waals surface area (Å²) in [5.74, 6) is -0.192. The van der Waals surface area contributed by atoms with Gasteiger partial charge in [-0.3, -0.25) is 14.7 Å². The number of aryl methyl sites for hydroxylation is 1. The molecule has 0 aliphatic carbocycles. The molecule has 9 nitrogen and oxygen atoms in total. The van der Waals surface area contributed by atoms with E-state index in [-0.39, 0.29) is 24.6 Å². The molecule has 3 aromatic rings. The summed E-state index contributed by atoms with van der Waals surface area (Å²) in [6.45, 7) is 10.1. The lowest BCUT2D eigenvalue weighted by Gasteiger charge is -2.28. The second-order valence-electron chi connectivity index (χ2n) is 10.3. The number of amides is 1. The molecule has 0 bridgehead atoms. The van der Waals surface area contributed by atoms with Crippen molar-refractivity contribution in [2.45, 2.75) is 38.9 Å². The SMILES string of the molecule is COCC(=O)Nc1ccc(N2C(=S)N[C@H](c3ccccn3)[C@@H]2c2cc(C)n(CCCN3CCOCC3)c2C)cc1. The third-order valence-corrected chi connectivity index (χ3v) is 8.01. The van der Waals surface area contributed by atoms with E-state index in [0.29, 0.717) is 10.8 Å². The van der Waals surface area contributed by atoms with Crippen LogP contribution < -0.4 is 15.5 Å². The number of aromatic nitrogens is 2. The van der Waals surface area contributed by atoms with Crippen LogP contribution in [0.1, 0.15) is 41.1 Å². The molecule has 212 valence electrons. The van der Waals surface area contributed by atoms with Gasteiger partial charge in [0.25, 0.3) is 0 Å². The van der Waals surface area contributed by atoms with Crippen molar-refractivity contribution in [2.24, 2.45) is 0 Å². The average molecular weight is 563 g/mol. The maximum Gasteiger partial charge on any atom is 0.250 e. The monoisotopic (exact) mass is 562 g/mol. The fourth-order valence-corrected chi connectivity index (χ4v) is 6.08. The van der Waals surface area contributed by atoms with E-state index >= 15 is 0 Å². The zero-order chi connectivity index (χ0) is 28.1. The first-order chi connectivity index (χ1) is 19.5. The van der Waals surface area contributed by atoms with E-state index in [2.05, 4.69) is 44.9 Å². The smallest absolute Gasteiger partial charge is 0.250 e. The number of rotatable bonds is 10. The highest BCUT2D eigenvalue weighted by atomic mass is 32.1. The summed E-state index contributed by atoms with van der Waals surface area (Å²) in [6.07, 6.45) is 2.91. The van der Waals surface area contributed by atoms with Gasteiger partial charge in [-0.2, -0.15) is 0 Å². The number of pyridine rings is 1. The molecule has 0 spiro atoms. The molecule has 10 heteroatoms. The van der Waals surface area contributed by atoms with E-state index in [4.69, 9.17) is 26.7 Å². The van der Waals surface area contributed by atoms with Crippen LogP contribution in [0.3, 0.4) is 0 Å². The predicted molar refractivity (Wildman–Crippen MR) is 161 cm³/mol. The van der Waals surface area contributed by atoms with Gasteiger partial charge in [-0.25, -0.2) is 0 Å². The van der Waals surface area contributed by atoms with E-state index in [1.807, 2.05) is 48.7 Å². The highest BCUT2D eigenvalue weighted by Crippen LogP contribution is 2.43. The van der Waals surface area contributed by atoms with Crippen molar-refractivity contribution in [2.75, 3.05) is 56.8 Å². The quantitative estimate of drug-likeness (QED) is 0.359. The van der Waals surface area contributed by atoms with Crippen LogP contribution in [-0.2, 0) is 20.8 Å². The first-order valence-electron chi connectivity index (χ1n) is 13.8. The van der Waals surface area contributed by atoms with Crippen molar-refractivity contribution in [3.63, 3.8) is 0 Å². The Morgan fingerprint density at radius 3 is 2.62 bits per heavy atom. The molecule has 4 heterocycles. The number of hydrogen-bond donors (Lipinski definition) is 2. The van der Waals surface area contributed by atoms with Crippen molar-refractivity contribution in [3.05, 3.63) is 77.4 Å².